The fourth-order valence-electron chi connectivity index (χ4n) is 4.32. The third-order valence-corrected chi connectivity index (χ3v) is 5.69. The van der Waals surface area contributed by atoms with Crippen LogP contribution in [0.5, 0.6) is 0 Å². The molecule has 2 aliphatic rings. The van der Waals surface area contributed by atoms with Crippen molar-refractivity contribution in [2.45, 2.75) is 38.3 Å². The monoisotopic (exact) mass is 402 g/mol. The van der Waals surface area contributed by atoms with Gasteiger partial charge in [0.2, 0.25) is 0 Å². The molecule has 2 atom stereocenters. The Morgan fingerprint density at radius 1 is 1.04 bits per heavy atom. The van der Waals surface area contributed by atoms with Gasteiger partial charge in [-0.3, -0.25) is 9.59 Å². The van der Waals surface area contributed by atoms with Crippen molar-refractivity contribution in [1.82, 2.24) is 10.2 Å². The minimum atomic E-state index is -0.385. The van der Waals surface area contributed by atoms with E-state index in [-0.39, 0.29) is 36.0 Å². The molecule has 0 aliphatic carbocycles. The first-order chi connectivity index (χ1) is 13.0. The van der Waals surface area contributed by atoms with Crippen molar-refractivity contribution in [3.05, 3.63) is 59.4 Å². The molecule has 1 amide bonds. The Kier molecular flexibility index (Phi) is 6.16. The third-order valence-electron chi connectivity index (χ3n) is 5.69. The van der Waals surface area contributed by atoms with E-state index in [1.165, 1.54) is 25.1 Å². The first-order valence-electron chi connectivity index (χ1n) is 9.49. The summed E-state index contributed by atoms with van der Waals surface area (Å²) in [5.74, 6) is -0.439. The van der Waals surface area contributed by atoms with Gasteiger partial charge >= 0.3 is 0 Å². The van der Waals surface area contributed by atoms with E-state index in [0.717, 1.165) is 37.9 Å². The van der Waals surface area contributed by atoms with Crippen LogP contribution < -0.4 is 5.32 Å². The maximum absolute atomic E-state index is 13.7. The van der Waals surface area contributed by atoms with Crippen LogP contribution in [0.4, 0.5) is 4.39 Å². The van der Waals surface area contributed by atoms with Crippen LogP contribution in [0.15, 0.2) is 42.5 Å². The number of hydrogen-bond acceptors (Lipinski definition) is 3. The fraction of sp³-hybridized carbons (Fsp3) is 0.364. The minimum absolute atomic E-state index is 0. The topological polar surface area (TPSA) is 49.4 Å². The van der Waals surface area contributed by atoms with E-state index in [1.807, 2.05) is 4.90 Å². The highest BCUT2D eigenvalue weighted by Crippen LogP contribution is 2.31. The Hall–Kier alpha value is -2.24. The van der Waals surface area contributed by atoms with Crippen LogP contribution >= 0.6 is 12.4 Å². The number of fused-ring (bicyclic) bond motifs is 2. The van der Waals surface area contributed by atoms with Crippen molar-refractivity contribution >= 4 is 24.1 Å². The van der Waals surface area contributed by atoms with Crippen LogP contribution in [-0.4, -0.2) is 41.8 Å². The number of hydrogen-bond donors (Lipinski definition) is 1. The second kappa shape index (κ2) is 8.41. The van der Waals surface area contributed by atoms with Crippen molar-refractivity contribution in [2.75, 3.05) is 13.1 Å². The Morgan fingerprint density at radius 3 is 2.46 bits per heavy atom. The molecule has 4 rings (SSSR count). The minimum Gasteiger partial charge on any atom is -0.331 e. The standard InChI is InChI=1S/C22H23FN2O2.ClH/c1-14(26)20-9-6-17(23)12-21(20)15-2-4-16(5-3-15)22(27)25-18-7-8-19(25)13-24-11-10-18;/h2-6,9,12,18-19,24H,7-8,10-11,13H2,1H3;1H/t18-,19+;/m1./s1. The summed E-state index contributed by atoms with van der Waals surface area (Å²) >= 11 is 0. The molecule has 6 heteroatoms. The number of halogens is 2. The van der Waals surface area contributed by atoms with Crippen molar-refractivity contribution in [3.8, 4) is 11.1 Å². The number of ketones is 1. The summed E-state index contributed by atoms with van der Waals surface area (Å²) in [5.41, 5.74) is 2.41. The molecule has 2 heterocycles. The SMILES string of the molecule is CC(=O)c1ccc(F)cc1-c1ccc(C(=O)N2[C@H]3CCNC[C@@H]2CC3)cc1.Cl. The number of carbonyl (C=O) groups is 2. The maximum atomic E-state index is 13.7. The summed E-state index contributed by atoms with van der Waals surface area (Å²) in [5, 5.41) is 3.41. The number of rotatable bonds is 3. The molecule has 0 aromatic heterocycles. The van der Waals surface area contributed by atoms with Crippen molar-refractivity contribution < 1.29 is 14.0 Å². The summed E-state index contributed by atoms with van der Waals surface area (Å²) in [6.07, 6.45) is 3.11. The molecule has 2 saturated heterocycles. The van der Waals surface area contributed by atoms with E-state index in [0.29, 0.717) is 22.7 Å². The predicted octanol–water partition coefficient (Wildman–Crippen LogP) is 4.08. The van der Waals surface area contributed by atoms with Crippen molar-refractivity contribution in [3.63, 3.8) is 0 Å². The zero-order valence-electron chi connectivity index (χ0n) is 15.8. The number of carbonyl (C=O) groups excluding carboxylic acids is 2. The Labute approximate surface area is 170 Å². The molecule has 4 nitrogen and oxygen atoms in total. The van der Waals surface area contributed by atoms with Crippen LogP contribution in [0.1, 0.15) is 46.9 Å². The van der Waals surface area contributed by atoms with E-state index in [1.54, 1.807) is 24.3 Å². The number of benzene rings is 2. The quantitative estimate of drug-likeness (QED) is 0.787. The van der Waals surface area contributed by atoms with Gasteiger partial charge in [-0.1, -0.05) is 12.1 Å². The third kappa shape index (κ3) is 3.82. The molecule has 0 unspecified atom stereocenters. The summed E-state index contributed by atoms with van der Waals surface area (Å²) in [7, 11) is 0. The Bertz CT molecular complexity index is 871. The lowest BCUT2D eigenvalue weighted by molar-refractivity contribution is 0.0680. The van der Waals surface area contributed by atoms with E-state index in [4.69, 9.17) is 0 Å². The highest BCUT2D eigenvalue weighted by atomic mass is 35.5. The van der Waals surface area contributed by atoms with E-state index in [2.05, 4.69) is 5.32 Å². The highest BCUT2D eigenvalue weighted by Gasteiger charge is 2.38. The largest absolute Gasteiger partial charge is 0.331 e. The van der Waals surface area contributed by atoms with E-state index in [9.17, 15) is 14.0 Å². The number of amides is 1. The summed E-state index contributed by atoms with van der Waals surface area (Å²) < 4.78 is 13.7. The molecular formula is C22H24ClFN2O2. The average Bonchev–Trinajstić information content (AvgIpc) is 2.93. The summed E-state index contributed by atoms with van der Waals surface area (Å²) in [6.45, 7) is 3.28. The van der Waals surface area contributed by atoms with Gasteiger partial charge < -0.3 is 10.2 Å². The Morgan fingerprint density at radius 2 is 1.75 bits per heavy atom. The van der Waals surface area contributed by atoms with Crippen LogP contribution in [-0.2, 0) is 0 Å². The highest BCUT2D eigenvalue weighted by molar-refractivity contribution is 6.01. The first kappa shape index (κ1) is 20.5. The molecule has 148 valence electrons. The van der Waals surface area contributed by atoms with Gasteiger partial charge in [-0.05, 0) is 74.2 Å². The predicted molar refractivity (Wildman–Crippen MR) is 110 cm³/mol. The van der Waals surface area contributed by atoms with Gasteiger partial charge in [0, 0.05) is 29.8 Å². The zero-order valence-corrected chi connectivity index (χ0v) is 16.6. The number of Topliss-reactive ketones (excluding diaryl/α,β-unsaturated/α-hetero) is 1. The lowest BCUT2D eigenvalue weighted by atomic mass is 9.96. The van der Waals surface area contributed by atoms with Gasteiger partial charge in [0.1, 0.15) is 5.82 Å². The fourth-order valence-corrected chi connectivity index (χ4v) is 4.32. The van der Waals surface area contributed by atoms with Gasteiger partial charge in [0.15, 0.2) is 5.78 Å². The van der Waals surface area contributed by atoms with Crippen LogP contribution in [0.25, 0.3) is 11.1 Å². The van der Waals surface area contributed by atoms with Crippen LogP contribution in [0.2, 0.25) is 0 Å². The molecular weight excluding hydrogens is 379 g/mol. The van der Waals surface area contributed by atoms with Crippen molar-refractivity contribution in [1.29, 1.82) is 0 Å². The van der Waals surface area contributed by atoms with Gasteiger partial charge in [-0.25, -0.2) is 4.39 Å². The maximum Gasteiger partial charge on any atom is 0.254 e. The van der Waals surface area contributed by atoms with Crippen molar-refractivity contribution in [2.24, 2.45) is 0 Å². The van der Waals surface area contributed by atoms with E-state index >= 15 is 0 Å². The van der Waals surface area contributed by atoms with Crippen LogP contribution in [0, 0.1) is 5.82 Å². The van der Waals surface area contributed by atoms with Gasteiger partial charge in [0.25, 0.3) is 5.91 Å². The molecule has 0 spiro atoms. The molecule has 2 aromatic carbocycles. The molecule has 2 aliphatic heterocycles. The van der Waals surface area contributed by atoms with E-state index < -0.39 is 0 Å². The zero-order chi connectivity index (χ0) is 19.0. The normalized spacial score (nSPS) is 21.0. The number of nitrogens with zero attached hydrogens (tertiary/aromatic N) is 1. The Balaban J connectivity index is 0.00000225. The van der Waals surface area contributed by atoms with Gasteiger partial charge in [-0.15, -0.1) is 12.4 Å². The van der Waals surface area contributed by atoms with Gasteiger partial charge in [-0.2, -0.15) is 0 Å². The summed E-state index contributed by atoms with van der Waals surface area (Å²) in [6, 6.07) is 11.9. The molecule has 1 N–H and O–H groups in total. The second-order valence-electron chi connectivity index (χ2n) is 7.41. The molecule has 0 radical (unpaired) electrons. The smallest absolute Gasteiger partial charge is 0.254 e. The molecule has 0 saturated carbocycles. The lowest BCUT2D eigenvalue weighted by Crippen LogP contribution is -2.42. The number of nitrogens with one attached hydrogen (secondary N) is 1. The summed E-state index contributed by atoms with van der Waals surface area (Å²) in [4.78, 5) is 27.0. The molecule has 2 fully saturated rings. The lowest BCUT2D eigenvalue weighted by Gasteiger charge is -2.28. The molecule has 2 aromatic rings. The second-order valence-corrected chi connectivity index (χ2v) is 7.41. The molecule has 2 bridgehead atoms. The average molecular weight is 403 g/mol. The molecule has 28 heavy (non-hydrogen) atoms. The van der Waals surface area contributed by atoms with Crippen LogP contribution in [0.3, 0.4) is 0 Å². The first-order valence-corrected chi connectivity index (χ1v) is 9.49. The van der Waals surface area contributed by atoms with Gasteiger partial charge in [0.05, 0.1) is 0 Å².